The molecule has 2 aromatic rings. The molecule has 1 N–H and O–H groups in total. The predicted molar refractivity (Wildman–Crippen MR) is 64.4 cm³/mol. The minimum absolute atomic E-state index is 0.00259. The van der Waals surface area contributed by atoms with Gasteiger partial charge < -0.3 is 5.11 Å². The Hall–Kier alpha value is -2.08. The van der Waals surface area contributed by atoms with Crippen molar-refractivity contribution in [2.24, 2.45) is 0 Å². The van der Waals surface area contributed by atoms with E-state index in [4.69, 9.17) is 16.7 Å². The lowest BCUT2D eigenvalue weighted by atomic mass is 10.2. The highest BCUT2D eigenvalue weighted by molar-refractivity contribution is 6.30. The first-order chi connectivity index (χ1) is 8.99. The maximum absolute atomic E-state index is 12.8. The molecule has 1 aromatic heterocycles. The van der Waals surface area contributed by atoms with Crippen LogP contribution in [0.25, 0.3) is 11.4 Å². The van der Waals surface area contributed by atoms with E-state index in [1.165, 1.54) is 6.07 Å². The molecule has 19 heavy (non-hydrogen) atoms. The normalized spacial score (nSPS) is 10.7. The Bertz CT molecular complexity index is 635. The van der Waals surface area contributed by atoms with Crippen molar-refractivity contribution in [3.05, 3.63) is 46.7 Å². The van der Waals surface area contributed by atoms with E-state index >= 15 is 0 Å². The maximum atomic E-state index is 12.8. The molecule has 1 heterocycles. The minimum atomic E-state index is -2.99. The van der Waals surface area contributed by atoms with Crippen molar-refractivity contribution in [3.8, 4) is 11.4 Å². The first-order valence-electron chi connectivity index (χ1n) is 5.13. The fraction of sp³-hybridized carbons (Fsp3) is 0.0833. The molecule has 0 radical (unpaired) electrons. The highest BCUT2D eigenvalue weighted by atomic mass is 35.5. The van der Waals surface area contributed by atoms with E-state index < -0.39 is 23.7 Å². The number of carbonyl (C=O) groups is 1. The van der Waals surface area contributed by atoms with Gasteiger partial charge in [-0.25, -0.2) is 23.5 Å². The first-order valence-corrected chi connectivity index (χ1v) is 5.51. The van der Waals surface area contributed by atoms with Crippen LogP contribution < -0.4 is 0 Å². The molecule has 7 heteroatoms. The molecule has 0 bridgehead atoms. The van der Waals surface area contributed by atoms with E-state index in [2.05, 4.69) is 9.97 Å². The van der Waals surface area contributed by atoms with E-state index in [0.717, 1.165) is 6.20 Å². The van der Waals surface area contributed by atoms with E-state index in [-0.39, 0.29) is 5.82 Å². The van der Waals surface area contributed by atoms with Crippen LogP contribution >= 0.6 is 11.6 Å². The third-order valence-corrected chi connectivity index (χ3v) is 2.57. The number of hydrogen-bond acceptors (Lipinski definition) is 3. The second kappa shape index (κ2) is 5.27. The van der Waals surface area contributed by atoms with Crippen LogP contribution in [0.3, 0.4) is 0 Å². The van der Waals surface area contributed by atoms with Crippen LogP contribution in [-0.2, 0) is 0 Å². The zero-order valence-corrected chi connectivity index (χ0v) is 10.1. The quantitative estimate of drug-likeness (QED) is 0.938. The molecule has 98 valence electrons. The fourth-order valence-corrected chi connectivity index (χ4v) is 1.68. The third-order valence-electron chi connectivity index (χ3n) is 2.34. The number of alkyl halides is 2. The molecular weight excluding hydrogens is 278 g/mol. The lowest BCUT2D eigenvalue weighted by Crippen LogP contribution is -2.07. The zero-order valence-electron chi connectivity index (χ0n) is 9.35. The lowest BCUT2D eigenvalue weighted by molar-refractivity contribution is 0.0681. The van der Waals surface area contributed by atoms with Crippen LogP contribution in [0.2, 0.25) is 5.02 Å². The summed E-state index contributed by atoms with van der Waals surface area (Å²) in [6.45, 7) is 0. The third kappa shape index (κ3) is 2.85. The van der Waals surface area contributed by atoms with E-state index in [9.17, 15) is 13.6 Å². The number of benzene rings is 1. The maximum Gasteiger partial charge on any atom is 0.339 e. The van der Waals surface area contributed by atoms with Gasteiger partial charge >= 0.3 is 5.97 Å². The number of hydrogen-bond donors (Lipinski definition) is 1. The van der Waals surface area contributed by atoms with Crippen molar-refractivity contribution >= 4 is 17.6 Å². The van der Waals surface area contributed by atoms with Gasteiger partial charge in [0.2, 0.25) is 0 Å². The second-order valence-corrected chi connectivity index (χ2v) is 4.05. The van der Waals surface area contributed by atoms with Gasteiger partial charge in [0.15, 0.2) is 5.82 Å². The number of carboxylic acid groups (broad SMARTS) is 1. The van der Waals surface area contributed by atoms with Crippen molar-refractivity contribution in [1.82, 2.24) is 9.97 Å². The average Bonchev–Trinajstić information content (AvgIpc) is 2.37. The number of carboxylic acids is 1. The molecule has 0 saturated carbocycles. The van der Waals surface area contributed by atoms with Gasteiger partial charge in [-0.3, -0.25) is 0 Å². The number of halogens is 3. The number of aromatic carboxylic acids is 1. The average molecular weight is 285 g/mol. The largest absolute Gasteiger partial charge is 0.478 e. The summed E-state index contributed by atoms with van der Waals surface area (Å²) in [7, 11) is 0. The Labute approximate surface area is 111 Å². The zero-order chi connectivity index (χ0) is 14.0. The summed E-state index contributed by atoms with van der Waals surface area (Å²) >= 11 is 5.78. The summed E-state index contributed by atoms with van der Waals surface area (Å²) in [6.07, 6.45) is -2.13. The Balaban J connectivity index is 2.55. The molecule has 4 nitrogen and oxygen atoms in total. The van der Waals surface area contributed by atoms with Gasteiger partial charge in [0.1, 0.15) is 11.3 Å². The summed E-state index contributed by atoms with van der Waals surface area (Å²) < 4.78 is 25.6. The molecule has 0 aliphatic carbocycles. The molecular formula is C12H7ClF2N2O2. The predicted octanol–water partition coefficient (Wildman–Crippen LogP) is 3.43. The van der Waals surface area contributed by atoms with Crippen LogP contribution in [0.5, 0.6) is 0 Å². The lowest BCUT2D eigenvalue weighted by Gasteiger charge is -2.06. The molecule has 0 aliphatic rings. The SMILES string of the molecule is O=C(O)c1cnc(-c2cccc(Cl)c2)nc1C(F)F. The molecule has 0 amide bonds. The number of rotatable bonds is 3. The van der Waals surface area contributed by atoms with Gasteiger partial charge in [-0.15, -0.1) is 0 Å². The molecule has 0 aliphatic heterocycles. The summed E-state index contributed by atoms with van der Waals surface area (Å²) in [4.78, 5) is 18.2. The van der Waals surface area contributed by atoms with Crippen molar-refractivity contribution in [3.63, 3.8) is 0 Å². The molecule has 0 atom stereocenters. The van der Waals surface area contributed by atoms with E-state index in [1.54, 1.807) is 18.2 Å². The van der Waals surface area contributed by atoms with Crippen LogP contribution in [0.1, 0.15) is 22.5 Å². The van der Waals surface area contributed by atoms with Gasteiger partial charge in [-0.1, -0.05) is 23.7 Å². The molecule has 0 unspecified atom stereocenters. The molecule has 0 fully saturated rings. The Morgan fingerprint density at radius 1 is 1.37 bits per heavy atom. The van der Waals surface area contributed by atoms with E-state index in [1.807, 2.05) is 0 Å². The smallest absolute Gasteiger partial charge is 0.339 e. The Kier molecular flexibility index (Phi) is 3.71. The summed E-state index contributed by atoms with van der Waals surface area (Å²) in [5.74, 6) is -1.49. The van der Waals surface area contributed by atoms with Gasteiger partial charge in [0.25, 0.3) is 6.43 Å². The summed E-state index contributed by atoms with van der Waals surface area (Å²) in [5.41, 5.74) is -0.982. The number of aromatic nitrogens is 2. The standard InChI is InChI=1S/C12H7ClF2N2O2/c13-7-3-1-2-6(4-7)11-16-5-8(12(18)19)9(17-11)10(14)15/h1-5,10H,(H,18,19). The van der Waals surface area contributed by atoms with Gasteiger partial charge in [0, 0.05) is 16.8 Å². The highest BCUT2D eigenvalue weighted by Gasteiger charge is 2.21. The fourth-order valence-electron chi connectivity index (χ4n) is 1.49. The Morgan fingerprint density at radius 2 is 2.11 bits per heavy atom. The summed E-state index contributed by atoms with van der Waals surface area (Å²) in [5, 5.41) is 9.19. The van der Waals surface area contributed by atoms with Crippen molar-refractivity contribution in [2.45, 2.75) is 6.43 Å². The molecule has 0 saturated heterocycles. The highest BCUT2D eigenvalue weighted by Crippen LogP contribution is 2.25. The molecule has 1 aromatic carbocycles. The van der Waals surface area contributed by atoms with Crippen molar-refractivity contribution in [2.75, 3.05) is 0 Å². The number of nitrogens with zero attached hydrogens (tertiary/aromatic N) is 2. The van der Waals surface area contributed by atoms with Crippen LogP contribution in [0.4, 0.5) is 8.78 Å². The van der Waals surface area contributed by atoms with Crippen molar-refractivity contribution in [1.29, 1.82) is 0 Å². The van der Waals surface area contributed by atoms with Gasteiger partial charge in [-0.2, -0.15) is 0 Å². The van der Waals surface area contributed by atoms with E-state index in [0.29, 0.717) is 10.6 Å². The van der Waals surface area contributed by atoms with Crippen molar-refractivity contribution < 1.29 is 18.7 Å². The first kappa shape index (κ1) is 13.4. The second-order valence-electron chi connectivity index (χ2n) is 3.61. The van der Waals surface area contributed by atoms with Crippen LogP contribution in [-0.4, -0.2) is 21.0 Å². The summed E-state index contributed by atoms with van der Waals surface area (Å²) in [6, 6.07) is 6.34. The topological polar surface area (TPSA) is 63.1 Å². The van der Waals surface area contributed by atoms with Gasteiger partial charge in [-0.05, 0) is 12.1 Å². The molecule has 0 spiro atoms. The van der Waals surface area contributed by atoms with Gasteiger partial charge in [0.05, 0.1) is 0 Å². The van der Waals surface area contributed by atoms with Crippen LogP contribution in [0.15, 0.2) is 30.5 Å². The Morgan fingerprint density at radius 3 is 2.68 bits per heavy atom. The monoisotopic (exact) mass is 284 g/mol. The minimum Gasteiger partial charge on any atom is -0.478 e. The van der Waals surface area contributed by atoms with Crippen LogP contribution in [0, 0.1) is 0 Å². The molecule has 2 rings (SSSR count).